The van der Waals surface area contributed by atoms with Crippen molar-refractivity contribution in [1.29, 1.82) is 5.26 Å². The van der Waals surface area contributed by atoms with E-state index >= 15 is 0 Å². The maximum absolute atomic E-state index is 12.5. The molecule has 2 aromatic carbocycles. The number of carbonyl (C=O) groups is 1. The molecule has 1 N–H and O–H groups in total. The first-order chi connectivity index (χ1) is 17.2. The van der Waals surface area contributed by atoms with Gasteiger partial charge in [0.2, 0.25) is 19.3 Å². The van der Waals surface area contributed by atoms with Crippen LogP contribution in [-0.4, -0.2) is 51.1 Å². The SMILES string of the molecule is COc1cc(/C=C(/C#N)C(=O)Nc2nnc(S(C)(=O)=O)s2)ccc1OCCCOc1ccccc1C. The van der Waals surface area contributed by atoms with Crippen molar-refractivity contribution < 1.29 is 27.4 Å². The predicted molar refractivity (Wildman–Crippen MR) is 135 cm³/mol. The van der Waals surface area contributed by atoms with Crippen LogP contribution in [0, 0.1) is 18.3 Å². The number of ether oxygens (including phenoxy) is 3. The highest BCUT2D eigenvalue weighted by molar-refractivity contribution is 7.92. The molecule has 0 bridgehead atoms. The summed E-state index contributed by atoms with van der Waals surface area (Å²) in [4.78, 5) is 12.5. The number of sulfone groups is 1. The fourth-order valence-corrected chi connectivity index (χ4v) is 4.43. The summed E-state index contributed by atoms with van der Waals surface area (Å²) in [7, 11) is -2.06. The average molecular weight is 529 g/mol. The molecule has 188 valence electrons. The van der Waals surface area contributed by atoms with Crippen LogP contribution in [0.1, 0.15) is 17.5 Å². The van der Waals surface area contributed by atoms with Gasteiger partial charge in [0.05, 0.1) is 20.3 Å². The number of anilines is 1. The summed E-state index contributed by atoms with van der Waals surface area (Å²) < 4.78 is 39.8. The van der Waals surface area contributed by atoms with Crippen LogP contribution in [0.5, 0.6) is 17.2 Å². The Hall–Kier alpha value is -3.95. The molecule has 12 heteroatoms. The number of carbonyl (C=O) groups excluding carboxylic acids is 1. The van der Waals surface area contributed by atoms with E-state index in [4.69, 9.17) is 14.2 Å². The number of aryl methyl sites for hydroxylation is 1. The third-order valence-corrected chi connectivity index (χ3v) is 7.21. The van der Waals surface area contributed by atoms with Crippen molar-refractivity contribution in [3.8, 4) is 23.3 Å². The largest absolute Gasteiger partial charge is 0.493 e. The molecular formula is C24H24N4O6S2. The zero-order valence-corrected chi connectivity index (χ0v) is 21.5. The lowest BCUT2D eigenvalue weighted by atomic mass is 10.1. The van der Waals surface area contributed by atoms with E-state index in [1.807, 2.05) is 37.3 Å². The van der Waals surface area contributed by atoms with Crippen molar-refractivity contribution >= 4 is 38.3 Å². The molecule has 1 amide bonds. The molecule has 0 spiro atoms. The second kappa shape index (κ2) is 12.1. The van der Waals surface area contributed by atoms with Crippen LogP contribution in [0.25, 0.3) is 6.08 Å². The van der Waals surface area contributed by atoms with Crippen molar-refractivity contribution in [2.24, 2.45) is 0 Å². The Bertz CT molecular complexity index is 1410. The Balaban J connectivity index is 1.60. The minimum Gasteiger partial charge on any atom is -0.493 e. The van der Waals surface area contributed by atoms with E-state index in [1.54, 1.807) is 18.2 Å². The summed E-state index contributed by atoms with van der Waals surface area (Å²) in [5.74, 6) is 1.03. The number of benzene rings is 2. The van der Waals surface area contributed by atoms with Gasteiger partial charge < -0.3 is 14.2 Å². The van der Waals surface area contributed by atoms with Gasteiger partial charge in [0.25, 0.3) is 5.91 Å². The van der Waals surface area contributed by atoms with Crippen LogP contribution in [0.4, 0.5) is 5.13 Å². The Labute approximate surface area is 213 Å². The molecule has 0 saturated carbocycles. The number of aromatic nitrogens is 2. The van der Waals surface area contributed by atoms with Gasteiger partial charge in [-0.25, -0.2) is 8.42 Å². The van der Waals surface area contributed by atoms with E-state index < -0.39 is 15.7 Å². The molecule has 3 aromatic rings. The number of nitriles is 1. The first kappa shape index (κ1) is 26.7. The fraction of sp³-hybridized carbons (Fsp3) is 0.250. The molecule has 1 aromatic heterocycles. The van der Waals surface area contributed by atoms with Gasteiger partial charge in [0.15, 0.2) is 11.5 Å². The first-order valence-corrected chi connectivity index (χ1v) is 13.4. The van der Waals surface area contributed by atoms with Crippen LogP contribution in [0.2, 0.25) is 0 Å². The Morgan fingerprint density at radius 2 is 1.83 bits per heavy atom. The molecule has 3 rings (SSSR count). The molecule has 0 aliphatic carbocycles. The van der Waals surface area contributed by atoms with Gasteiger partial charge in [0, 0.05) is 12.7 Å². The van der Waals surface area contributed by atoms with Crippen molar-refractivity contribution in [2.75, 3.05) is 31.9 Å². The van der Waals surface area contributed by atoms with Crippen LogP contribution in [-0.2, 0) is 14.6 Å². The van der Waals surface area contributed by atoms with Gasteiger partial charge >= 0.3 is 0 Å². The molecule has 0 saturated heterocycles. The molecule has 36 heavy (non-hydrogen) atoms. The summed E-state index contributed by atoms with van der Waals surface area (Å²) in [5, 5.41) is 18.9. The second-order valence-electron chi connectivity index (χ2n) is 7.50. The van der Waals surface area contributed by atoms with Crippen molar-refractivity contribution in [3.05, 3.63) is 59.2 Å². The summed E-state index contributed by atoms with van der Waals surface area (Å²) in [6, 6.07) is 14.6. The van der Waals surface area contributed by atoms with Crippen LogP contribution >= 0.6 is 11.3 Å². The minimum absolute atomic E-state index is 0.0330. The molecule has 0 fully saturated rings. The minimum atomic E-state index is -3.55. The van der Waals surface area contributed by atoms with E-state index in [1.165, 1.54) is 13.2 Å². The number of hydrogen-bond donors (Lipinski definition) is 1. The van der Waals surface area contributed by atoms with Crippen molar-refractivity contribution in [3.63, 3.8) is 0 Å². The zero-order valence-electron chi connectivity index (χ0n) is 19.8. The van der Waals surface area contributed by atoms with Crippen LogP contribution in [0.3, 0.4) is 0 Å². The quantitative estimate of drug-likeness (QED) is 0.171. The smallest absolute Gasteiger partial charge is 0.268 e. The number of hydrogen-bond acceptors (Lipinski definition) is 10. The lowest BCUT2D eigenvalue weighted by Crippen LogP contribution is -2.13. The Morgan fingerprint density at radius 1 is 1.11 bits per heavy atom. The molecule has 10 nitrogen and oxygen atoms in total. The highest BCUT2D eigenvalue weighted by Crippen LogP contribution is 2.29. The lowest BCUT2D eigenvalue weighted by Gasteiger charge is -2.12. The maximum atomic E-state index is 12.5. The molecular weight excluding hydrogens is 504 g/mol. The number of nitrogens with zero attached hydrogens (tertiary/aromatic N) is 3. The topological polar surface area (TPSA) is 140 Å². The molecule has 0 aliphatic rings. The van der Waals surface area contributed by atoms with Gasteiger partial charge in [-0.15, -0.1) is 10.2 Å². The number of methoxy groups -OCH3 is 1. The van der Waals surface area contributed by atoms with Gasteiger partial charge in [-0.3, -0.25) is 10.1 Å². The van der Waals surface area contributed by atoms with E-state index in [2.05, 4.69) is 15.5 Å². The van der Waals surface area contributed by atoms with Crippen molar-refractivity contribution in [2.45, 2.75) is 17.7 Å². The Kier molecular flexibility index (Phi) is 8.99. The van der Waals surface area contributed by atoms with Gasteiger partial charge in [-0.1, -0.05) is 35.6 Å². The standard InChI is InChI=1S/C24H24N4O6S2/c1-16-7-4-5-8-19(16)33-11-6-12-34-20-10-9-17(14-21(20)32-2)13-18(15-25)22(29)26-23-27-28-24(35-23)36(3,30)31/h4-5,7-10,13-14H,6,11-12H2,1-3H3,(H,26,27,29)/b18-13-. The zero-order chi connectivity index (χ0) is 26.1. The summed E-state index contributed by atoms with van der Waals surface area (Å²) >= 11 is 0.696. The van der Waals surface area contributed by atoms with Crippen LogP contribution in [0.15, 0.2) is 52.4 Å². The number of rotatable bonds is 11. The predicted octanol–water partition coefficient (Wildman–Crippen LogP) is 3.65. The van der Waals surface area contributed by atoms with E-state index in [-0.39, 0.29) is 15.0 Å². The molecule has 1 heterocycles. The molecule has 0 aliphatic heterocycles. The lowest BCUT2D eigenvalue weighted by molar-refractivity contribution is -0.112. The van der Waals surface area contributed by atoms with E-state index in [0.29, 0.717) is 48.0 Å². The number of amides is 1. The Morgan fingerprint density at radius 3 is 2.47 bits per heavy atom. The van der Waals surface area contributed by atoms with Crippen LogP contribution < -0.4 is 19.5 Å². The summed E-state index contributed by atoms with van der Waals surface area (Å²) in [6.45, 7) is 2.88. The number of para-hydroxylation sites is 1. The first-order valence-electron chi connectivity index (χ1n) is 10.7. The molecule has 0 unspecified atom stereocenters. The maximum Gasteiger partial charge on any atom is 0.268 e. The van der Waals surface area contributed by atoms with Gasteiger partial charge in [-0.2, -0.15) is 5.26 Å². The third kappa shape index (κ3) is 7.27. The monoisotopic (exact) mass is 528 g/mol. The highest BCUT2D eigenvalue weighted by atomic mass is 32.2. The summed E-state index contributed by atoms with van der Waals surface area (Å²) in [5.41, 5.74) is 1.38. The normalized spacial score (nSPS) is 11.4. The van der Waals surface area contributed by atoms with Gasteiger partial charge in [-0.05, 0) is 42.3 Å². The van der Waals surface area contributed by atoms with E-state index in [0.717, 1.165) is 17.6 Å². The molecule has 0 radical (unpaired) electrons. The average Bonchev–Trinajstić information content (AvgIpc) is 3.33. The second-order valence-corrected chi connectivity index (χ2v) is 10.7. The molecule has 0 atom stereocenters. The van der Waals surface area contributed by atoms with E-state index in [9.17, 15) is 18.5 Å². The fourth-order valence-electron chi connectivity index (χ4n) is 2.92. The summed E-state index contributed by atoms with van der Waals surface area (Å²) in [6.07, 6.45) is 3.01. The third-order valence-electron chi connectivity index (χ3n) is 4.71. The van der Waals surface area contributed by atoms with Crippen molar-refractivity contribution in [1.82, 2.24) is 10.2 Å². The number of nitrogens with one attached hydrogen (secondary N) is 1. The van der Waals surface area contributed by atoms with Gasteiger partial charge in [0.1, 0.15) is 17.4 Å². The highest BCUT2D eigenvalue weighted by Gasteiger charge is 2.17.